The van der Waals surface area contributed by atoms with E-state index in [1.54, 1.807) is 0 Å². The Morgan fingerprint density at radius 1 is 1.09 bits per heavy atom. The second-order valence-electron chi connectivity index (χ2n) is 5.10. The van der Waals surface area contributed by atoms with Crippen LogP contribution in [0.15, 0.2) is 60.8 Å². The van der Waals surface area contributed by atoms with Gasteiger partial charge in [0.2, 0.25) is 0 Å². The second kappa shape index (κ2) is 6.67. The average molecular weight is 314 g/mol. The highest BCUT2D eigenvalue weighted by molar-refractivity contribution is 6.31. The Bertz CT molecular complexity index is 780. The van der Waals surface area contributed by atoms with E-state index < -0.39 is 0 Å². The number of ether oxygens (including phenoxy) is 1. The highest BCUT2D eigenvalue weighted by atomic mass is 35.5. The highest BCUT2D eigenvalue weighted by Gasteiger charge is 2.07. The molecule has 1 heterocycles. The molecule has 0 unspecified atom stereocenters. The number of benzene rings is 2. The van der Waals surface area contributed by atoms with Gasteiger partial charge in [0.05, 0.1) is 6.61 Å². The zero-order valence-corrected chi connectivity index (χ0v) is 12.8. The first-order valence-electron chi connectivity index (χ1n) is 7.16. The number of aromatic nitrogens is 1. The summed E-state index contributed by atoms with van der Waals surface area (Å²) in [6.45, 7) is 0.605. The highest BCUT2D eigenvalue weighted by Crippen LogP contribution is 2.20. The van der Waals surface area contributed by atoms with Crippen molar-refractivity contribution < 1.29 is 9.53 Å². The van der Waals surface area contributed by atoms with Crippen molar-refractivity contribution in [3.05, 3.63) is 71.4 Å². The maximum atomic E-state index is 11.9. The van der Waals surface area contributed by atoms with Gasteiger partial charge < -0.3 is 9.30 Å². The molecule has 2 aromatic carbocycles. The molecule has 0 amide bonds. The van der Waals surface area contributed by atoms with Crippen LogP contribution < -0.4 is 0 Å². The summed E-state index contributed by atoms with van der Waals surface area (Å²) in [6.07, 6.45) is 2.61. The van der Waals surface area contributed by atoms with Crippen LogP contribution in [0.4, 0.5) is 0 Å². The van der Waals surface area contributed by atoms with Crippen molar-refractivity contribution in [1.29, 1.82) is 0 Å². The minimum atomic E-state index is -0.233. The number of fused-ring (bicyclic) bond motifs is 1. The normalized spacial score (nSPS) is 10.8. The van der Waals surface area contributed by atoms with Gasteiger partial charge in [-0.1, -0.05) is 41.9 Å². The van der Waals surface area contributed by atoms with Crippen molar-refractivity contribution in [3.8, 4) is 0 Å². The lowest BCUT2D eigenvalue weighted by Gasteiger charge is -2.07. The van der Waals surface area contributed by atoms with Gasteiger partial charge >= 0.3 is 5.97 Å². The van der Waals surface area contributed by atoms with Crippen LogP contribution in [0.1, 0.15) is 5.56 Å². The molecule has 0 spiro atoms. The Hall–Kier alpha value is -2.26. The number of carbonyl (C=O) groups excluding carboxylic acids is 1. The number of carbonyl (C=O) groups is 1. The Morgan fingerprint density at radius 2 is 1.91 bits per heavy atom. The van der Waals surface area contributed by atoms with E-state index in [4.69, 9.17) is 16.3 Å². The molecule has 0 fully saturated rings. The minimum Gasteiger partial charge on any atom is -0.464 e. The first-order valence-corrected chi connectivity index (χ1v) is 7.54. The molecule has 0 saturated heterocycles. The molecule has 0 N–H and O–H groups in total. The van der Waals surface area contributed by atoms with Gasteiger partial charge in [-0.3, -0.25) is 4.79 Å². The fourth-order valence-electron chi connectivity index (χ4n) is 2.42. The molecule has 112 valence electrons. The maximum absolute atomic E-state index is 11.9. The van der Waals surface area contributed by atoms with Crippen molar-refractivity contribution >= 4 is 28.5 Å². The molecule has 0 radical (unpaired) electrons. The molecule has 3 aromatic rings. The lowest BCUT2D eigenvalue weighted by atomic mass is 10.2. The molecule has 0 atom stereocenters. The Morgan fingerprint density at radius 3 is 2.73 bits per heavy atom. The van der Waals surface area contributed by atoms with Crippen LogP contribution in [0.2, 0.25) is 5.02 Å². The number of halogens is 1. The standard InChI is InChI=1S/C18H16ClNO2/c19-16-6-7-17-15(12-16)8-10-20(17)13-18(21)22-11-9-14-4-2-1-3-5-14/h1-8,10,12H,9,11,13H2. The SMILES string of the molecule is O=C(Cn1ccc2cc(Cl)ccc21)OCCc1ccccc1. The van der Waals surface area contributed by atoms with E-state index in [9.17, 15) is 4.79 Å². The predicted molar refractivity (Wildman–Crippen MR) is 88.1 cm³/mol. The van der Waals surface area contributed by atoms with E-state index >= 15 is 0 Å². The predicted octanol–water partition coefficient (Wildman–Crippen LogP) is 4.08. The van der Waals surface area contributed by atoms with Crippen molar-refractivity contribution in [3.63, 3.8) is 0 Å². The van der Waals surface area contributed by atoms with Crippen molar-refractivity contribution in [2.24, 2.45) is 0 Å². The topological polar surface area (TPSA) is 31.2 Å². The van der Waals surface area contributed by atoms with Gasteiger partial charge in [-0.2, -0.15) is 0 Å². The van der Waals surface area contributed by atoms with Gasteiger partial charge in [0.1, 0.15) is 6.54 Å². The summed E-state index contributed by atoms with van der Waals surface area (Å²) in [4.78, 5) is 11.9. The Labute approximate surface area is 134 Å². The molecule has 0 bridgehead atoms. The maximum Gasteiger partial charge on any atom is 0.325 e. The zero-order valence-electron chi connectivity index (χ0n) is 12.0. The number of hydrogen-bond donors (Lipinski definition) is 0. The molecule has 3 rings (SSSR count). The summed E-state index contributed by atoms with van der Waals surface area (Å²) in [7, 11) is 0. The zero-order chi connectivity index (χ0) is 15.4. The van der Waals surface area contributed by atoms with Crippen LogP contribution >= 0.6 is 11.6 Å². The van der Waals surface area contributed by atoms with Crippen molar-refractivity contribution in [2.45, 2.75) is 13.0 Å². The third-order valence-corrected chi connectivity index (χ3v) is 3.76. The third-order valence-electron chi connectivity index (χ3n) is 3.53. The molecule has 1 aromatic heterocycles. The molecular weight excluding hydrogens is 298 g/mol. The number of hydrogen-bond acceptors (Lipinski definition) is 2. The van der Waals surface area contributed by atoms with Crippen molar-refractivity contribution in [1.82, 2.24) is 4.57 Å². The van der Waals surface area contributed by atoms with E-state index in [-0.39, 0.29) is 12.5 Å². The summed E-state index contributed by atoms with van der Waals surface area (Å²) < 4.78 is 7.18. The fourth-order valence-corrected chi connectivity index (χ4v) is 2.60. The molecule has 0 aliphatic rings. The molecule has 0 aliphatic heterocycles. The van der Waals surface area contributed by atoms with Gasteiger partial charge in [-0.05, 0) is 29.8 Å². The largest absolute Gasteiger partial charge is 0.464 e. The van der Waals surface area contributed by atoms with Crippen LogP contribution in [-0.4, -0.2) is 17.1 Å². The second-order valence-corrected chi connectivity index (χ2v) is 5.54. The van der Waals surface area contributed by atoms with Gasteiger partial charge in [0, 0.05) is 28.5 Å². The van der Waals surface area contributed by atoms with Crippen LogP contribution in [0.25, 0.3) is 10.9 Å². The smallest absolute Gasteiger partial charge is 0.325 e. The van der Waals surface area contributed by atoms with Gasteiger partial charge in [-0.25, -0.2) is 0 Å². The first-order chi connectivity index (χ1) is 10.7. The molecule has 0 aliphatic carbocycles. The monoisotopic (exact) mass is 313 g/mol. The minimum absolute atomic E-state index is 0.208. The Balaban J connectivity index is 1.57. The summed E-state index contributed by atoms with van der Waals surface area (Å²) in [5, 5.41) is 1.71. The quantitative estimate of drug-likeness (QED) is 0.665. The molecular formula is C18H16ClNO2. The first kappa shape index (κ1) is 14.7. The van der Waals surface area contributed by atoms with E-state index in [2.05, 4.69) is 0 Å². The van der Waals surface area contributed by atoms with Gasteiger partial charge in [-0.15, -0.1) is 0 Å². The van der Waals surface area contributed by atoms with Crippen LogP contribution in [-0.2, 0) is 22.5 Å². The van der Waals surface area contributed by atoms with Crippen LogP contribution in [0.5, 0.6) is 0 Å². The number of rotatable bonds is 5. The summed E-state index contributed by atoms with van der Waals surface area (Å²) in [5.74, 6) is -0.233. The number of esters is 1. The summed E-state index contributed by atoms with van der Waals surface area (Å²) in [5.41, 5.74) is 2.14. The fraction of sp³-hybridized carbons (Fsp3) is 0.167. The van der Waals surface area contributed by atoms with E-state index in [0.717, 1.165) is 22.9 Å². The van der Waals surface area contributed by atoms with Crippen LogP contribution in [0, 0.1) is 0 Å². The lowest BCUT2D eigenvalue weighted by molar-refractivity contribution is -0.144. The van der Waals surface area contributed by atoms with E-state index in [1.807, 2.05) is 65.4 Å². The molecule has 4 heteroatoms. The lowest BCUT2D eigenvalue weighted by Crippen LogP contribution is -2.14. The van der Waals surface area contributed by atoms with E-state index in [0.29, 0.717) is 11.6 Å². The molecule has 22 heavy (non-hydrogen) atoms. The molecule has 0 saturated carbocycles. The Kier molecular flexibility index (Phi) is 4.45. The van der Waals surface area contributed by atoms with Gasteiger partial charge in [0.25, 0.3) is 0 Å². The summed E-state index contributed by atoms with van der Waals surface area (Å²) >= 11 is 5.96. The van der Waals surface area contributed by atoms with Crippen molar-refractivity contribution in [2.75, 3.05) is 6.61 Å². The van der Waals surface area contributed by atoms with Gasteiger partial charge in [0.15, 0.2) is 0 Å². The number of nitrogens with zero attached hydrogens (tertiary/aromatic N) is 1. The van der Waals surface area contributed by atoms with E-state index in [1.165, 1.54) is 0 Å². The average Bonchev–Trinajstić information content (AvgIpc) is 2.90. The third kappa shape index (κ3) is 3.49. The summed E-state index contributed by atoms with van der Waals surface area (Å²) in [6, 6.07) is 17.5. The molecule has 3 nitrogen and oxygen atoms in total. The van der Waals surface area contributed by atoms with Crippen LogP contribution in [0.3, 0.4) is 0 Å².